The monoisotopic (exact) mass is 418 g/mol. The molecule has 1 N–H and O–H groups in total. The first-order valence-corrected chi connectivity index (χ1v) is 9.98. The molecular weight excluding hydrogens is 393 g/mol. The van der Waals surface area contributed by atoms with Crippen molar-refractivity contribution in [3.05, 3.63) is 71.3 Å². The Morgan fingerprint density at radius 1 is 1.00 bits per heavy atom. The van der Waals surface area contributed by atoms with Gasteiger partial charge in [-0.1, -0.05) is 42.5 Å². The average Bonchev–Trinajstić information content (AvgIpc) is 2.74. The van der Waals surface area contributed by atoms with E-state index in [-0.39, 0.29) is 11.8 Å². The smallest absolute Gasteiger partial charge is 0.355 e. The van der Waals surface area contributed by atoms with E-state index in [1.807, 2.05) is 30.3 Å². The lowest BCUT2D eigenvalue weighted by molar-refractivity contribution is -0.137. The Hall–Kier alpha value is -2.83. The number of benzene rings is 2. The minimum Gasteiger partial charge on any atom is -0.355 e. The average molecular weight is 418 g/mol. The van der Waals surface area contributed by atoms with Gasteiger partial charge in [-0.2, -0.15) is 13.2 Å². The van der Waals surface area contributed by atoms with E-state index < -0.39 is 17.2 Å². The zero-order valence-electron chi connectivity index (χ0n) is 16.8. The van der Waals surface area contributed by atoms with E-state index in [1.165, 1.54) is 19.1 Å². The van der Waals surface area contributed by atoms with Crippen LogP contribution in [0.3, 0.4) is 0 Å². The molecule has 1 fully saturated rings. The first kappa shape index (κ1) is 21.9. The van der Waals surface area contributed by atoms with Crippen molar-refractivity contribution in [2.75, 3.05) is 19.6 Å². The van der Waals surface area contributed by atoms with E-state index in [1.54, 1.807) is 4.90 Å². The van der Waals surface area contributed by atoms with Gasteiger partial charge >= 0.3 is 6.18 Å². The number of carbonyl (C=O) groups is 2. The molecule has 0 aliphatic carbocycles. The minimum absolute atomic E-state index is 0.000580. The van der Waals surface area contributed by atoms with Crippen molar-refractivity contribution >= 4 is 11.8 Å². The number of piperidine rings is 1. The Morgan fingerprint density at radius 3 is 2.13 bits per heavy atom. The van der Waals surface area contributed by atoms with E-state index in [4.69, 9.17) is 0 Å². The highest BCUT2D eigenvalue weighted by Crippen LogP contribution is 2.36. The summed E-state index contributed by atoms with van der Waals surface area (Å²) in [7, 11) is 0. The molecule has 4 nitrogen and oxygen atoms in total. The lowest BCUT2D eigenvalue weighted by Crippen LogP contribution is -2.52. The number of alkyl halides is 3. The number of hydrogen-bond donors (Lipinski definition) is 1. The van der Waals surface area contributed by atoms with Crippen LogP contribution in [-0.4, -0.2) is 36.3 Å². The van der Waals surface area contributed by atoms with Crippen molar-refractivity contribution < 1.29 is 22.8 Å². The Balaban J connectivity index is 1.67. The predicted octanol–water partition coefficient (Wildman–Crippen LogP) is 3.94. The second-order valence-electron chi connectivity index (χ2n) is 7.65. The van der Waals surface area contributed by atoms with Gasteiger partial charge in [-0.05, 0) is 42.5 Å². The third kappa shape index (κ3) is 4.83. The predicted molar refractivity (Wildman–Crippen MR) is 108 cm³/mol. The summed E-state index contributed by atoms with van der Waals surface area (Å²) in [5, 5.41) is 2.96. The maximum absolute atomic E-state index is 13.2. The van der Waals surface area contributed by atoms with Crippen molar-refractivity contribution in [3.63, 3.8) is 0 Å². The number of hydrogen-bond acceptors (Lipinski definition) is 2. The largest absolute Gasteiger partial charge is 0.416 e. The van der Waals surface area contributed by atoms with Crippen LogP contribution in [0.5, 0.6) is 0 Å². The molecule has 0 bridgehead atoms. The molecule has 1 aliphatic rings. The SMILES string of the molecule is CC(=O)N1CCC(C(=O)NCCc2ccc(C(F)(F)F)cc2)(c2ccccc2)CC1. The molecule has 0 aromatic heterocycles. The molecule has 0 spiro atoms. The molecule has 0 atom stereocenters. The number of likely N-dealkylation sites (tertiary alicyclic amines) is 1. The normalized spacial score (nSPS) is 16.2. The van der Waals surface area contributed by atoms with E-state index in [0.717, 1.165) is 23.3 Å². The number of rotatable bonds is 5. The number of nitrogens with one attached hydrogen (secondary N) is 1. The van der Waals surface area contributed by atoms with E-state index in [9.17, 15) is 22.8 Å². The summed E-state index contributed by atoms with van der Waals surface area (Å²) in [6, 6.07) is 14.5. The Kier molecular flexibility index (Phi) is 6.48. The lowest BCUT2D eigenvalue weighted by atomic mass is 9.72. The van der Waals surface area contributed by atoms with Crippen LogP contribution in [0, 0.1) is 0 Å². The summed E-state index contributed by atoms with van der Waals surface area (Å²) >= 11 is 0. The molecule has 2 aromatic rings. The van der Waals surface area contributed by atoms with Gasteiger partial charge < -0.3 is 10.2 Å². The zero-order valence-corrected chi connectivity index (χ0v) is 16.8. The quantitative estimate of drug-likeness (QED) is 0.800. The van der Waals surface area contributed by atoms with Gasteiger partial charge in [0, 0.05) is 26.6 Å². The van der Waals surface area contributed by atoms with Crippen molar-refractivity contribution in [1.29, 1.82) is 0 Å². The molecule has 7 heteroatoms. The van der Waals surface area contributed by atoms with Crippen LogP contribution in [0.4, 0.5) is 13.2 Å². The Morgan fingerprint density at radius 2 is 1.60 bits per heavy atom. The van der Waals surface area contributed by atoms with E-state index in [0.29, 0.717) is 38.9 Å². The molecule has 3 rings (SSSR count). The Labute approximate surface area is 174 Å². The highest BCUT2D eigenvalue weighted by molar-refractivity contribution is 5.88. The van der Waals surface area contributed by atoms with Gasteiger partial charge in [0.15, 0.2) is 0 Å². The molecule has 2 aromatic carbocycles. The maximum Gasteiger partial charge on any atom is 0.416 e. The molecular formula is C23H25F3N2O2. The van der Waals surface area contributed by atoms with Crippen LogP contribution in [0.1, 0.15) is 36.5 Å². The fourth-order valence-electron chi connectivity index (χ4n) is 3.96. The standard InChI is InChI=1S/C23H25F3N2O2/c1-17(29)28-15-12-22(13-16-28,19-5-3-2-4-6-19)21(30)27-14-11-18-7-9-20(10-8-18)23(24,25)26/h2-10H,11-16H2,1H3,(H,27,30). The molecule has 160 valence electrons. The summed E-state index contributed by atoms with van der Waals surface area (Å²) in [6.07, 6.45) is -2.86. The highest BCUT2D eigenvalue weighted by atomic mass is 19.4. The maximum atomic E-state index is 13.2. The fourth-order valence-corrected chi connectivity index (χ4v) is 3.96. The van der Waals surface area contributed by atoms with Gasteiger partial charge in [-0.3, -0.25) is 9.59 Å². The molecule has 1 saturated heterocycles. The van der Waals surface area contributed by atoms with Crippen molar-refractivity contribution in [2.24, 2.45) is 0 Å². The second-order valence-corrected chi connectivity index (χ2v) is 7.65. The van der Waals surface area contributed by atoms with Crippen LogP contribution in [-0.2, 0) is 27.6 Å². The summed E-state index contributed by atoms with van der Waals surface area (Å²) in [6.45, 7) is 2.88. The van der Waals surface area contributed by atoms with E-state index in [2.05, 4.69) is 5.32 Å². The van der Waals surface area contributed by atoms with Gasteiger partial charge in [0.1, 0.15) is 0 Å². The van der Waals surface area contributed by atoms with Crippen LogP contribution in [0.2, 0.25) is 0 Å². The van der Waals surface area contributed by atoms with Crippen LogP contribution < -0.4 is 5.32 Å². The second kappa shape index (κ2) is 8.90. The van der Waals surface area contributed by atoms with Crippen molar-refractivity contribution in [3.8, 4) is 0 Å². The molecule has 0 unspecified atom stereocenters. The van der Waals surface area contributed by atoms with Crippen molar-refractivity contribution in [2.45, 2.75) is 37.8 Å². The molecule has 30 heavy (non-hydrogen) atoms. The summed E-state index contributed by atoms with van der Waals surface area (Å²) in [4.78, 5) is 26.6. The Bertz CT molecular complexity index is 872. The lowest BCUT2D eigenvalue weighted by Gasteiger charge is -2.40. The third-order valence-electron chi connectivity index (χ3n) is 5.80. The molecule has 1 heterocycles. The number of halogens is 3. The topological polar surface area (TPSA) is 49.4 Å². The summed E-state index contributed by atoms with van der Waals surface area (Å²) in [5.41, 5.74) is 0.243. The van der Waals surface area contributed by atoms with Crippen LogP contribution >= 0.6 is 0 Å². The van der Waals surface area contributed by atoms with Gasteiger partial charge in [-0.25, -0.2) is 0 Å². The molecule has 1 aliphatic heterocycles. The molecule has 0 radical (unpaired) electrons. The molecule has 2 amide bonds. The fraction of sp³-hybridized carbons (Fsp3) is 0.391. The first-order valence-electron chi connectivity index (χ1n) is 9.98. The molecule has 0 saturated carbocycles. The minimum atomic E-state index is -4.36. The van der Waals surface area contributed by atoms with Gasteiger partial charge in [0.25, 0.3) is 0 Å². The third-order valence-corrected chi connectivity index (χ3v) is 5.80. The van der Waals surface area contributed by atoms with E-state index >= 15 is 0 Å². The summed E-state index contributed by atoms with van der Waals surface area (Å²) < 4.78 is 38.0. The van der Waals surface area contributed by atoms with Crippen LogP contribution in [0.15, 0.2) is 54.6 Å². The van der Waals surface area contributed by atoms with Gasteiger partial charge in [0.05, 0.1) is 11.0 Å². The van der Waals surface area contributed by atoms with Gasteiger partial charge in [0.2, 0.25) is 11.8 Å². The van der Waals surface area contributed by atoms with Gasteiger partial charge in [-0.15, -0.1) is 0 Å². The summed E-state index contributed by atoms with van der Waals surface area (Å²) in [5.74, 6) is -0.108. The highest BCUT2D eigenvalue weighted by Gasteiger charge is 2.43. The number of carbonyl (C=O) groups excluding carboxylic acids is 2. The number of nitrogens with zero attached hydrogens (tertiary/aromatic N) is 1. The van der Waals surface area contributed by atoms with Crippen LogP contribution in [0.25, 0.3) is 0 Å². The first-order chi connectivity index (χ1) is 14.2. The zero-order chi connectivity index (χ0) is 21.8. The number of amides is 2. The van der Waals surface area contributed by atoms with Crippen molar-refractivity contribution in [1.82, 2.24) is 10.2 Å².